The molecule has 2 nitrogen and oxygen atoms in total. The molecule has 0 fully saturated rings. The topological polar surface area (TPSA) is 21.3 Å². The number of ether oxygens (including phenoxy) is 1. The SMILES string of the molecule is COC(C)CC(CNCC(C)C)Cc1ccc(C)cc1. The molecule has 20 heavy (non-hydrogen) atoms. The lowest BCUT2D eigenvalue weighted by molar-refractivity contribution is 0.0945. The second-order valence-corrected chi connectivity index (χ2v) is 6.39. The van der Waals surface area contributed by atoms with Gasteiger partial charge in [0.2, 0.25) is 0 Å². The molecule has 0 aromatic heterocycles. The lowest BCUT2D eigenvalue weighted by Crippen LogP contribution is -2.29. The molecule has 0 amide bonds. The van der Waals surface area contributed by atoms with E-state index in [1.807, 2.05) is 0 Å². The van der Waals surface area contributed by atoms with Gasteiger partial charge in [0.1, 0.15) is 0 Å². The molecular formula is C18H31NO. The highest BCUT2D eigenvalue weighted by atomic mass is 16.5. The van der Waals surface area contributed by atoms with Gasteiger partial charge in [0.25, 0.3) is 0 Å². The number of methoxy groups -OCH3 is 1. The van der Waals surface area contributed by atoms with Gasteiger partial charge < -0.3 is 10.1 Å². The van der Waals surface area contributed by atoms with Crippen LogP contribution in [0.25, 0.3) is 0 Å². The standard InChI is InChI=1S/C18H31NO/c1-14(2)12-19-13-18(10-16(4)20-5)11-17-8-6-15(3)7-9-17/h6-9,14,16,18-19H,10-13H2,1-5H3. The molecule has 0 bridgehead atoms. The first-order valence-corrected chi connectivity index (χ1v) is 7.80. The lowest BCUT2D eigenvalue weighted by atomic mass is 9.93. The molecule has 114 valence electrons. The second-order valence-electron chi connectivity index (χ2n) is 6.39. The molecule has 0 saturated heterocycles. The van der Waals surface area contributed by atoms with E-state index in [-0.39, 0.29) is 0 Å². The molecule has 0 heterocycles. The van der Waals surface area contributed by atoms with E-state index in [1.54, 1.807) is 7.11 Å². The van der Waals surface area contributed by atoms with Gasteiger partial charge in [0, 0.05) is 7.11 Å². The summed E-state index contributed by atoms with van der Waals surface area (Å²) in [6, 6.07) is 8.91. The predicted octanol–water partition coefficient (Wildman–Crippen LogP) is 3.82. The third-order valence-electron chi connectivity index (χ3n) is 3.70. The molecule has 2 atom stereocenters. The number of benzene rings is 1. The van der Waals surface area contributed by atoms with Crippen molar-refractivity contribution in [1.82, 2.24) is 5.32 Å². The van der Waals surface area contributed by atoms with Gasteiger partial charge in [0.05, 0.1) is 6.10 Å². The van der Waals surface area contributed by atoms with Gasteiger partial charge in [-0.3, -0.25) is 0 Å². The van der Waals surface area contributed by atoms with E-state index in [2.05, 4.69) is 57.3 Å². The molecular weight excluding hydrogens is 246 g/mol. The first-order valence-electron chi connectivity index (χ1n) is 7.80. The minimum absolute atomic E-state index is 0.325. The van der Waals surface area contributed by atoms with Crippen LogP contribution in [0.5, 0.6) is 0 Å². The number of hydrogen-bond acceptors (Lipinski definition) is 2. The highest BCUT2D eigenvalue weighted by Gasteiger charge is 2.14. The Morgan fingerprint density at radius 3 is 2.25 bits per heavy atom. The van der Waals surface area contributed by atoms with Crippen molar-refractivity contribution in [3.8, 4) is 0 Å². The minimum atomic E-state index is 0.325. The number of aryl methyl sites for hydroxylation is 1. The number of nitrogens with one attached hydrogen (secondary N) is 1. The van der Waals surface area contributed by atoms with E-state index < -0.39 is 0 Å². The van der Waals surface area contributed by atoms with Crippen LogP contribution in [0.1, 0.15) is 38.3 Å². The Labute approximate surface area is 124 Å². The van der Waals surface area contributed by atoms with E-state index in [1.165, 1.54) is 11.1 Å². The Bertz CT molecular complexity index is 358. The molecule has 2 unspecified atom stereocenters. The van der Waals surface area contributed by atoms with E-state index in [9.17, 15) is 0 Å². The minimum Gasteiger partial charge on any atom is -0.382 e. The summed E-state index contributed by atoms with van der Waals surface area (Å²) in [6.45, 7) is 11.0. The van der Waals surface area contributed by atoms with Crippen molar-refractivity contribution in [2.75, 3.05) is 20.2 Å². The smallest absolute Gasteiger partial charge is 0.0546 e. The van der Waals surface area contributed by atoms with Crippen molar-refractivity contribution >= 4 is 0 Å². The number of hydrogen-bond donors (Lipinski definition) is 1. The molecule has 0 aliphatic rings. The molecule has 0 aliphatic carbocycles. The maximum absolute atomic E-state index is 5.44. The average molecular weight is 277 g/mol. The van der Waals surface area contributed by atoms with Gasteiger partial charge in [-0.25, -0.2) is 0 Å². The fourth-order valence-corrected chi connectivity index (χ4v) is 2.44. The summed E-state index contributed by atoms with van der Waals surface area (Å²) in [5, 5.41) is 3.59. The van der Waals surface area contributed by atoms with Crippen LogP contribution in [0.4, 0.5) is 0 Å². The van der Waals surface area contributed by atoms with Crippen LogP contribution < -0.4 is 5.32 Å². The van der Waals surface area contributed by atoms with Crippen molar-refractivity contribution in [2.24, 2.45) is 11.8 Å². The third-order valence-corrected chi connectivity index (χ3v) is 3.70. The van der Waals surface area contributed by atoms with Crippen molar-refractivity contribution in [1.29, 1.82) is 0 Å². The van der Waals surface area contributed by atoms with Crippen LogP contribution in [0.15, 0.2) is 24.3 Å². The third kappa shape index (κ3) is 7.06. The van der Waals surface area contributed by atoms with Crippen LogP contribution in [0.3, 0.4) is 0 Å². The fourth-order valence-electron chi connectivity index (χ4n) is 2.44. The summed E-state index contributed by atoms with van der Waals surface area (Å²) in [5.41, 5.74) is 2.75. The van der Waals surface area contributed by atoms with Gasteiger partial charge in [0.15, 0.2) is 0 Å². The highest BCUT2D eigenvalue weighted by molar-refractivity contribution is 5.21. The first-order chi connectivity index (χ1) is 9.51. The monoisotopic (exact) mass is 277 g/mol. The zero-order valence-corrected chi connectivity index (χ0v) is 13.8. The Morgan fingerprint density at radius 2 is 1.70 bits per heavy atom. The van der Waals surface area contributed by atoms with Crippen molar-refractivity contribution in [2.45, 2.75) is 46.6 Å². The van der Waals surface area contributed by atoms with Crippen LogP contribution in [0.2, 0.25) is 0 Å². The van der Waals surface area contributed by atoms with Crippen LogP contribution >= 0.6 is 0 Å². The van der Waals surface area contributed by atoms with Gasteiger partial charge in [-0.15, -0.1) is 0 Å². The Hall–Kier alpha value is -0.860. The molecule has 0 spiro atoms. The summed E-state index contributed by atoms with van der Waals surface area (Å²) in [6.07, 6.45) is 2.56. The van der Waals surface area contributed by atoms with Crippen molar-refractivity contribution in [3.05, 3.63) is 35.4 Å². The summed E-state index contributed by atoms with van der Waals surface area (Å²) < 4.78 is 5.44. The molecule has 2 heteroatoms. The van der Waals surface area contributed by atoms with Gasteiger partial charge in [-0.2, -0.15) is 0 Å². The molecule has 0 saturated carbocycles. The van der Waals surface area contributed by atoms with Crippen molar-refractivity contribution < 1.29 is 4.74 Å². The van der Waals surface area contributed by atoms with Crippen LogP contribution in [-0.2, 0) is 11.2 Å². The summed E-state index contributed by atoms with van der Waals surface area (Å²) in [4.78, 5) is 0. The van der Waals surface area contributed by atoms with Crippen LogP contribution in [0, 0.1) is 18.8 Å². The zero-order valence-electron chi connectivity index (χ0n) is 13.8. The van der Waals surface area contributed by atoms with Crippen molar-refractivity contribution in [3.63, 3.8) is 0 Å². The first kappa shape index (κ1) is 17.2. The van der Waals surface area contributed by atoms with Gasteiger partial charge >= 0.3 is 0 Å². The maximum Gasteiger partial charge on any atom is 0.0546 e. The number of rotatable bonds is 9. The second kappa shape index (κ2) is 9.15. The molecule has 1 N–H and O–H groups in total. The predicted molar refractivity (Wildman–Crippen MR) is 87.2 cm³/mol. The van der Waals surface area contributed by atoms with E-state index in [0.29, 0.717) is 17.9 Å². The fraction of sp³-hybridized carbons (Fsp3) is 0.667. The Balaban J connectivity index is 2.54. The Kier molecular flexibility index (Phi) is 7.86. The Morgan fingerprint density at radius 1 is 1.05 bits per heavy atom. The van der Waals surface area contributed by atoms with Gasteiger partial charge in [-0.05, 0) is 57.2 Å². The lowest BCUT2D eigenvalue weighted by Gasteiger charge is -2.21. The van der Waals surface area contributed by atoms with E-state index >= 15 is 0 Å². The largest absolute Gasteiger partial charge is 0.382 e. The summed E-state index contributed by atoms with van der Waals surface area (Å²) >= 11 is 0. The molecule has 1 aromatic carbocycles. The molecule has 1 aromatic rings. The normalized spacial score (nSPS) is 14.5. The molecule has 1 rings (SSSR count). The average Bonchev–Trinajstić information content (AvgIpc) is 2.40. The summed E-state index contributed by atoms with van der Waals surface area (Å²) in [7, 11) is 1.80. The summed E-state index contributed by atoms with van der Waals surface area (Å²) in [5.74, 6) is 1.33. The van der Waals surface area contributed by atoms with E-state index in [0.717, 1.165) is 25.9 Å². The maximum atomic E-state index is 5.44. The highest BCUT2D eigenvalue weighted by Crippen LogP contribution is 2.16. The zero-order chi connectivity index (χ0) is 15.0. The molecule has 0 aliphatic heterocycles. The molecule has 0 radical (unpaired) electrons. The van der Waals surface area contributed by atoms with E-state index in [4.69, 9.17) is 4.74 Å². The quantitative estimate of drug-likeness (QED) is 0.741. The van der Waals surface area contributed by atoms with Crippen LogP contribution in [-0.4, -0.2) is 26.3 Å². The van der Waals surface area contributed by atoms with Gasteiger partial charge in [-0.1, -0.05) is 43.7 Å².